The van der Waals surface area contributed by atoms with Crippen molar-refractivity contribution in [2.45, 2.75) is 19.6 Å². The summed E-state index contributed by atoms with van der Waals surface area (Å²) in [6.45, 7) is 1.68. The van der Waals surface area contributed by atoms with Gasteiger partial charge in [-0.25, -0.2) is 4.39 Å². The average molecular weight is 335 g/mol. The Balaban J connectivity index is 2.00. The number of Topliss-reactive ketones (excluding diaryl/α,β-unsaturated/α-hetero) is 1. The van der Waals surface area contributed by atoms with E-state index in [9.17, 15) is 22.4 Å². The maximum atomic E-state index is 13.4. The predicted molar refractivity (Wildman–Crippen MR) is 82.4 cm³/mol. The Morgan fingerprint density at radius 2 is 1.75 bits per heavy atom. The highest BCUT2D eigenvalue weighted by atomic mass is 19.4. The van der Waals surface area contributed by atoms with E-state index in [0.717, 1.165) is 12.1 Å². The molecule has 1 heterocycles. The summed E-state index contributed by atoms with van der Waals surface area (Å²) in [5, 5.41) is 0.495. The van der Waals surface area contributed by atoms with Crippen LogP contribution in [-0.2, 0) is 12.7 Å². The molecular weight excluding hydrogens is 322 g/mol. The molecule has 0 spiro atoms. The van der Waals surface area contributed by atoms with Crippen molar-refractivity contribution in [1.29, 1.82) is 0 Å². The number of rotatable bonds is 3. The Labute approximate surface area is 135 Å². The van der Waals surface area contributed by atoms with Crippen molar-refractivity contribution in [3.8, 4) is 0 Å². The highest BCUT2D eigenvalue weighted by Crippen LogP contribution is 2.29. The largest absolute Gasteiger partial charge is 0.416 e. The van der Waals surface area contributed by atoms with Crippen LogP contribution in [0.25, 0.3) is 10.9 Å². The number of carbonyl (C=O) groups excluding carboxylic acids is 1. The van der Waals surface area contributed by atoms with Crippen LogP contribution in [0.4, 0.5) is 17.6 Å². The standard InChI is InChI=1S/C18H13F4NO/c1-11(24)16-10-23(17-7-6-14(19)8-15(16)17)9-12-2-4-13(5-3-12)18(20,21)22/h2-8,10H,9H2,1H3. The molecule has 124 valence electrons. The first-order valence-electron chi connectivity index (χ1n) is 7.21. The van der Waals surface area contributed by atoms with Gasteiger partial charge in [-0.2, -0.15) is 13.2 Å². The number of carbonyl (C=O) groups is 1. The van der Waals surface area contributed by atoms with Crippen molar-refractivity contribution in [2.75, 3.05) is 0 Å². The van der Waals surface area contributed by atoms with Gasteiger partial charge in [0, 0.05) is 29.2 Å². The Hall–Kier alpha value is -2.63. The molecule has 0 saturated carbocycles. The van der Waals surface area contributed by atoms with Gasteiger partial charge in [0.15, 0.2) is 5.78 Å². The molecule has 0 atom stereocenters. The van der Waals surface area contributed by atoms with Crippen LogP contribution in [0.2, 0.25) is 0 Å². The number of halogens is 4. The van der Waals surface area contributed by atoms with Crippen molar-refractivity contribution in [2.24, 2.45) is 0 Å². The van der Waals surface area contributed by atoms with Gasteiger partial charge in [-0.3, -0.25) is 4.79 Å². The monoisotopic (exact) mass is 335 g/mol. The Morgan fingerprint density at radius 3 is 2.33 bits per heavy atom. The average Bonchev–Trinajstić information content (AvgIpc) is 2.85. The van der Waals surface area contributed by atoms with E-state index in [1.54, 1.807) is 16.8 Å². The first-order chi connectivity index (χ1) is 11.3. The molecule has 0 saturated heterocycles. The van der Waals surface area contributed by atoms with Gasteiger partial charge in [0.1, 0.15) is 5.82 Å². The lowest BCUT2D eigenvalue weighted by Gasteiger charge is -2.09. The molecule has 0 aliphatic rings. The number of fused-ring (bicyclic) bond motifs is 1. The van der Waals surface area contributed by atoms with E-state index in [2.05, 4.69) is 0 Å². The van der Waals surface area contributed by atoms with E-state index in [4.69, 9.17) is 0 Å². The Kier molecular flexibility index (Phi) is 3.91. The maximum Gasteiger partial charge on any atom is 0.416 e. The smallest absolute Gasteiger partial charge is 0.342 e. The second kappa shape index (κ2) is 5.78. The minimum atomic E-state index is -4.38. The van der Waals surface area contributed by atoms with E-state index in [-0.39, 0.29) is 12.3 Å². The van der Waals surface area contributed by atoms with Gasteiger partial charge in [-0.05, 0) is 42.8 Å². The number of benzene rings is 2. The molecule has 0 fully saturated rings. The highest BCUT2D eigenvalue weighted by molar-refractivity contribution is 6.07. The van der Waals surface area contributed by atoms with Crippen LogP contribution in [0.3, 0.4) is 0 Å². The molecule has 1 aromatic heterocycles. The van der Waals surface area contributed by atoms with Crippen LogP contribution in [0, 0.1) is 5.82 Å². The molecular formula is C18H13F4NO. The predicted octanol–water partition coefficient (Wildman–Crippen LogP) is 5.05. The summed E-state index contributed by atoms with van der Waals surface area (Å²) in [6, 6.07) is 8.96. The number of alkyl halides is 3. The lowest BCUT2D eigenvalue weighted by Crippen LogP contribution is -2.05. The second-order valence-corrected chi connectivity index (χ2v) is 5.58. The van der Waals surface area contributed by atoms with Crippen LogP contribution in [0.1, 0.15) is 28.4 Å². The molecule has 0 amide bonds. The summed E-state index contributed by atoms with van der Waals surface area (Å²) in [5.41, 5.74) is 0.979. The van der Waals surface area contributed by atoms with Crippen LogP contribution in [-0.4, -0.2) is 10.4 Å². The third-order valence-corrected chi connectivity index (χ3v) is 3.86. The number of ketones is 1. The van der Waals surface area contributed by atoms with Gasteiger partial charge in [-0.1, -0.05) is 12.1 Å². The second-order valence-electron chi connectivity index (χ2n) is 5.58. The molecule has 0 bridgehead atoms. The van der Waals surface area contributed by atoms with Crippen LogP contribution in [0.5, 0.6) is 0 Å². The SMILES string of the molecule is CC(=O)c1cn(Cc2ccc(C(F)(F)F)cc2)c2ccc(F)cc12. The van der Waals surface area contributed by atoms with Gasteiger partial charge in [0.25, 0.3) is 0 Å². The summed E-state index contributed by atoms with van der Waals surface area (Å²) in [5.74, 6) is -0.644. The topological polar surface area (TPSA) is 22.0 Å². The summed E-state index contributed by atoms with van der Waals surface area (Å²) in [4.78, 5) is 11.7. The molecule has 3 rings (SSSR count). The summed E-state index contributed by atoms with van der Waals surface area (Å²) in [6.07, 6.45) is -2.78. The van der Waals surface area contributed by atoms with Crippen molar-refractivity contribution in [3.05, 3.63) is 71.2 Å². The van der Waals surface area contributed by atoms with E-state index in [1.165, 1.54) is 31.2 Å². The number of aromatic nitrogens is 1. The fraction of sp³-hybridized carbons (Fsp3) is 0.167. The van der Waals surface area contributed by atoms with Crippen LogP contribution < -0.4 is 0 Å². The zero-order valence-corrected chi connectivity index (χ0v) is 12.7. The molecule has 0 aliphatic heterocycles. The third-order valence-electron chi connectivity index (χ3n) is 3.86. The Bertz CT molecular complexity index is 907. The fourth-order valence-corrected chi connectivity index (χ4v) is 2.68. The molecule has 0 unspecified atom stereocenters. The Morgan fingerprint density at radius 1 is 1.08 bits per heavy atom. The van der Waals surface area contributed by atoms with Gasteiger partial charge < -0.3 is 4.57 Å². The van der Waals surface area contributed by atoms with Crippen molar-refractivity contribution >= 4 is 16.7 Å². The fourth-order valence-electron chi connectivity index (χ4n) is 2.68. The first-order valence-corrected chi connectivity index (χ1v) is 7.21. The molecule has 6 heteroatoms. The van der Waals surface area contributed by atoms with Crippen molar-refractivity contribution in [1.82, 2.24) is 4.57 Å². The van der Waals surface area contributed by atoms with E-state index >= 15 is 0 Å². The quantitative estimate of drug-likeness (QED) is 0.485. The highest BCUT2D eigenvalue weighted by Gasteiger charge is 2.29. The van der Waals surface area contributed by atoms with Gasteiger partial charge >= 0.3 is 6.18 Å². The minimum absolute atomic E-state index is 0.197. The summed E-state index contributed by atoms with van der Waals surface area (Å²) >= 11 is 0. The number of hydrogen-bond acceptors (Lipinski definition) is 1. The summed E-state index contributed by atoms with van der Waals surface area (Å²) < 4.78 is 53.0. The number of hydrogen-bond donors (Lipinski definition) is 0. The molecule has 2 aromatic carbocycles. The normalized spacial score (nSPS) is 11.9. The van der Waals surface area contributed by atoms with Gasteiger partial charge in [0.2, 0.25) is 0 Å². The van der Waals surface area contributed by atoms with E-state index in [1.807, 2.05) is 0 Å². The molecule has 2 nitrogen and oxygen atoms in total. The molecule has 0 N–H and O–H groups in total. The minimum Gasteiger partial charge on any atom is -0.342 e. The third kappa shape index (κ3) is 3.04. The van der Waals surface area contributed by atoms with E-state index < -0.39 is 17.6 Å². The van der Waals surface area contributed by atoms with Crippen LogP contribution in [0.15, 0.2) is 48.7 Å². The maximum absolute atomic E-state index is 13.4. The van der Waals surface area contributed by atoms with Crippen LogP contribution >= 0.6 is 0 Å². The van der Waals surface area contributed by atoms with Gasteiger partial charge in [0.05, 0.1) is 5.56 Å². The molecule has 0 radical (unpaired) electrons. The van der Waals surface area contributed by atoms with Gasteiger partial charge in [-0.15, -0.1) is 0 Å². The zero-order valence-electron chi connectivity index (χ0n) is 12.7. The lowest BCUT2D eigenvalue weighted by atomic mass is 10.1. The van der Waals surface area contributed by atoms with Crippen molar-refractivity contribution < 1.29 is 22.4 Å². The summed E-state index contributed by atoms with van der Waals surface area (Å²) in [7, 11) is 0. The van der Waals surface area contributed by atoms with E-state index in [0.29, 0.717) is 22.0 Å². The first kappa shape index (κ1) is 16.2. The van der Waals surface area contributed by atoms with Crippen molar-refractivity contribution in [3.63, 3.8) is 0 Å². The lowest BCUT2D eigenvalue weighted by molar-refractivity contribution is -0.137. The zero-order chi connectivity index (χ0) is 17.5. The molecule has 0 aliphatic carbocycles. The number of nitrogens with zero attached hydrogens (tertiary/aromatic N) is 1. The molecule has 24 heavy (non-hydrogen) atoms. The molecule has 3 aromatic rings.